The number of aromatic nitrogens is 2. The van der Waals surface area contributed by atoms with E-state index in [-0.39, 0.29) is 0 Å². The van der Waals surface area contributed by atoms with Crippen LogP contribution < -0.4 is 0 Å². The summed E-state index contributed by atoms with van der Waals surface area (Å²) in [5.74, 6) is 1.04. The van der Waals surface area contributed by atoms with E-state index in [1.54, 1.807) is 0 Å². The van der Waals surface area contributed by atoms with Crippen LogP contribution in [0.25, 0.3) is 11.3 Å². The summed E-state index contributed by atoms with van der Waals surface area (Å²) in [6.45, 7) is 2.09. The summed E-state index contributed by atoms with van der Waals surface area (Å²) < 4.78 is 0. The maximum atomic E-state index is 4.26. The van der Waals surface area contributed by atoms with Gasteiger partial charge in [0, 0.05) is 6.42 Å². The highest BCUT2D eigenvalue weighted by Gasteiger charge is 1.99. The maximum absolute atomic E-state index is 4.26. The standard InChI is InChI=1S/C11H12N2/c1-2-11-12-8-10(13-11)9-6-4-3-5-7-9/h3-8H,2H2,1H3,(H,12,13). The van der Waals surface area contributed by atoms with Gasteiger partial charge in [0.25, 0.3) is 0 Å². The van der Waals surface area contributed by atoms with Gasteiger partial charge in [-0.05, 0) is 5.56 Å². The number of hydrogen-bond donors (Lipinski definition) is 1. The fourth-order valence-electron chi connectivity index (χ4n) is 1.31. The number of nitrogens with zero attached hydrogens (tertiary/aromatic N) is 1. The number of hydrogen-bond acceptors (Lipinski definition) is 1. The molecule has 0 unspecified atom stereocenters. The SMILES string of the molecule is CCc1ncc(-c2ccccc2)[nH]1. The van der Waals surface area contributed by atoms with Crippen LogP contribution in [0.4, 0.5) is 0 Å². The molecule has 0 amide bonds. The van der Waals surface area contributed by atoms with Gasteiger partial charge in [-0.25, -0.2) is 4.98 Å². The second kappa shape index (κ2) is 3.44. The summed E-state index contributed by atoms with van der Waals surface area (Å²) in [6, 6.07) is 10.2. The van der Waals surface area contributed by atoms with Gasteiger partial charge in [0.1, 0.15) is 5.82 Å². The van der Waals surface area contributed by atoms with Crippen LogP contribution in [0.15, 0.2) is 36.5 Å². The molecule has 0 atom stereocenters. The van der Waals surface area contributed by atoms with Crippen LogP contribution in [-0.2, 0) is 6.42 Å². The molecule has 2 nitrogen and oxygen atoms in total. The van der Waals surface area contributed by atoms with Crippen LogP contribution in [0.3, 0.4) is 0 Å². The van der Waals surface area contributed by atoms with Crippen LogP contribution in [0.1, 0.15) is 12.7 Å². The zero-order valence-corrected chi connectivity index (χ0v) is 7.62. The molecule has 1 N–H and O–H groups in total. The number of benzene rings is 1. The van der Waals surface area contributed by atoms with Gasteiger partial charge in [-0.1, -0.05) is 37.3 Å². The Balaban J connectivity index is 2.36. The summed E-state index contributed by atoms with van der Waals surface area (Å²) in [5, 5.41) is 0. The van der Waals surface area contributed by atoms with Crippen molar-refractivity contribution in [3.63, 3.8) is 0 Å². The molecule has 1 aromatic heterocycles. The van der Waals surface area contributed by atoms with Gasteiger partial charge in [0.05, 0.1) is 11.9 Å². The molecule has 0 radical (unpaired) electrons. The average molecular weight is 172 g/mol. The van der Waals surface area contributed by atoms with Gasteiger partial charge in [-0.15, -0.1) is 0 Å². The number of aromatic amines is 1. The van der Waals surface area contributed by atoms with E-state index >= 15 is 0 Å². The largest absolute Gasteiger partial charge is 0.342 e. The van der Waals surface area contributed by atoms with E-state index < -0.39 is 0 Å². The van der Waals surface area contributed by atoms with Crippen molar-refractivity contribution in [3.05, 3.63) is 42.4 Å². The molecule has 13 heavy (non-hydrogen) atoms. The summed E-state index contributed by atoms with van der Waals surface area (Å²) in [4.78, 5) is 7.52. The van der Waals surface area contributed by atoms with E-state index in [2.05, 4.69) is 29.0 Å². The molecule has 0 aliphatic rings. The second-order valence-electron chi connectivity index (χ2n) is 2.96. The first kappa shape index (κ1) is 8.05. The number of H-pyrrole nitrogens is 1. The van der Waals surface area contributed by atoms with Crippen molar-refractivity contribution in [2.24, 2.45) is 0 Å². The summed E-state index contributed by atoms with van der Waals surface area (Å²) in [7, 11) is 0. The van der Waals surface area contributed by atoms with Crippen LogP contribution >= 0.6 is 0 Å². The van der Waals surface area contributed by atoms with Crippen molar-refractivity contribution in [2.75, 3.05) is 0 Å². The Morgan fingerprint density at radius 1 is 1.23 bits per heavy atom. The quantitative estimate of drug-likeness (QED) is 0.741. The first-order valence-corrected chi connectivity index (χ1v) is 4.49. The van der Waals surface area contributed by atoms with Crippen molar-refractivity contribution in [1.29, 1.82) is 0 Å². The Morgan fingerprint density at radius 2 is 2.00 bits per heavy atom. The average Bonchev–Trinajstić information content (AvgIpc) is 2.67. The van der Waals surface area contributed by atoms with Gasteiger partial charge in [0.15, 0.2) is 0 Å². The minimum Gasteiger partial charge on any atom is -0.342 e. The van der Waals surface area contributed by atoms with Crippen LogP contribution in [0, 0.1) is 0 Å². The number of aryl methyl sites for hydroxylation is 1. The van der Waals surface area contributed by atoms with Crippen LogP contribution in [0.5, 0.6) is 0 Å². The Bertz CT molecular complexity index is 376. The smallest absolute Gasteiger partial charge is 0.106 e. The Labute approximate surface area is 77.6 Å². The topological polar surface area (TPSA) is 28.7 Å². The summed E-state index contributed by atoms with van der Waals surface area (Å²) in [5.41, 5.74) is 2.28. The minimum atomic E-state index is 0.951. The molecule has 0 aliphatic carbocycles. The van der Waals surface area contributed by atoms with E-state index in [9.17, 15) is 0 Å². The number of nitrogens with one attached hydrogen (secondary N) is 1. The lowest BCUT2D eigenvalue weighted by Gasteiger charge is -1.94. The fraction of sp³-hybridized carbons (Fsp3) is 0.182. The highest BCUT2D eigenvalue weighted by molar-refractivity contribution is 5.57. The van der Waals surface area contributed by atoms with E-state index in [1.165, 1.54) is 5.56 Å². The molecule has 1 heterocycles. The van der Waals surface area contributed by atoms with Crippen LogP contribution in [-0.4, -0.2) is 9.97 Å². The summed E-state index contributed by atoms with van der Waals surface area (Å²) in [6.07, 6.45) is 2.83. The highest BCUT2D eigenvalue weighted by atomic mass is 14.9. The minimum absolute atomic E-state index is 0.951. The molecular weight excluding hydrogens is 160 g/mol. The third-order valence-electron chi connectivity index (χ3n) is 2.05. The fourth-order valence-corrected chi connectivity index (χ4v) is 1.31. The normalized spacial score (nSPS) is 10.2. The molecule has 0 saturated carbocycles. The highest BCUT2D eigenvalue weighted by Crippen LogP contribution is 2.15. The van der Waals surface area contributed by atoms with Crippen molar-refractivity contribution in [1.82, 2.24) is 9.97 Å². The Morgan fingerprint density at radius 3 is 2.62 bits per heavy atom. The van der Waals surface area contributed by atoms with Crippen molar-refractivity contribution >= 4 is 0 Å². The van der Waals surface area contributed by atoms with Crippen LogP contribution in [0.2, 0.25) is 0 Å². The molecular formula is C11H12N2. The molecule has 0 fully saturated rings. The summed E-state index contributed by atoms with van der Waals surface area (Å²) >= 11 is 0. The predicted molar refractivity (Wildman–Crippen MR) is 53.4 cm³/mol. The van der Waals surface area contributed by atoms with Crippen molar-refractivity contribution < 1.29 is 0 Å². The molecule has 1 aromatic carbocycles. The van der Waals surface area contributed by atoms with Gasteiger partial charge in [-0.3, -0.25) is 0 Å². The van der Waals surface area contributed by atoms with Crippen molar-refractivity contribution in [3.8, 4) is 11.3 Å². The van der Waals surface area contributed by atoms with Gasteiger partial charge in [-0.2, -0.15) is 0 Å². The van der Waals surface area contributed by atoms with E-state index in [0.717, 1.165) is 17.9 Å². The zero-order chi connectivity index (χ0) is 9.10. The van der Waals surface area contributed by atoms with Gasteiger partial charge >= 0.3 is 0 Å². The maximum Gasteiger partial charge on any atom is 0.106 e. The lowest BCUT2D eigenvalue weighted by atomic mass is 10.2. The van der Waals surface area contributed by atoms with E-state index in [4.69, 9.17) is 0 Å². The molecule has 0 saturated heterocycles. The molecule has 2 rings (SSSR count). The van der Waals surface area contributed by atoms with Gasteiger partial charge in [0.2, 0.25) is 0 Å². The van der Waals surface area contributed by atoms with Crippen molar-refractivity contribution in [2.45, 2.75) is 13.3 Å². The third kappa shape index (κ3) is 1.61. The third-order valence-corrected chi connectivity index (χ3v) is 2.05. The molecule has 0 spiro atoms. The van der Waals surface area contributed by atoms with Gasteiger partial charge < -0.3 is 4.98 Å². The van der Waals surface area contributed by atoms with E-state index in [1.807, 2.05) is 24.4 Å². The lowest BCUT2D eigenvalue weighted by molar-refractivity contribution is 0.991. The molecule has 0 bridgehead atoms. The molecule has 0 aliphatic heterocycles. The Hall–Kier alpha value is -1.57. The Kier molecular flexibility index (Phi) is 2.13. The zero-order valence-electron chi connectivity index (χ0n) is 7.62. The molecule has 2 heteroatoms. The second-order valence-corrected chi connectivity index (χ2v) is 2.96. The lowest BCUT2D eigenvalue weighted by Crippen LogP contribution is -1.81. The predicted octanol–water partition coefficient (Wildman–Crippen LogP) is 2.64. The first-order chi connectivity index (χ1) is 6.40. The molecule has 66 valence electrons. The number of rotatable bonds is 2. The first-order valence-electron chi connectivity index (χ1n) is 4.49. The van der Waals surface area contributed by atoms with E-state index in [0.29, 0.717) is 0 Å². The molecule has 2 aromatic rings. The number of imidazole rings is 1. The monoisotopic (exact) mass is 172 g/mol.